The van der Waals surface area contributed by atoms with Crippen LogP contribution in [0.15, 0.2) is 42.7 Å². The first-order valence-corrected chi connectivity index (χ1v) is 10.0. The molecule has 2 aromatic heterocycles. The zero-order valence-electron chi connectivity index (χ0n) is 17.0. The largest absolute Gasteiger partial charge is 0.485 e. The molecule has 4 rings (SSSR count). The van der Waals surface area contributed by atoms with E-state index in [4.69, 9.17) is 4.74 Å². The molecule has 3 aromatic rings. The quantitative estimate of drug-likeness (QED) is 0.626. The third-order valence-electron chi connectivity index (χ3n) is 5.00. The SMILES string of the molecule is CCc1nc(C)ncc1OCc1cc(-c2ccc(F)cn2)ccc1NC(=O)C1CC1. The van der Waals surface area contributed by atoms with Gasteiger partial charge in [0.05, 0.1) is 23.8 Å². The first-order chi connectivity index (χ1) is 14.5. The van der Waals surface area contributed by atoms with Crippen LogP contribution in [0.3, 0.4) is 0 Å². The van der Waals surface area contributed by atoms with Gasteiger partial charge in [0, 0.05) is 22.7 Å². The van der Waals surface area contributed by atoms with Crippen LogP contribution in [-0.4, -0.2) is 20.9 Å². The summed E-state index contributed by atoms with van der Waals surface area (Å²) in [7, 11) is 0. The lowest BCUT2D eigenvalue weighted by Crippen LogP contribution is -2.15. The summed E-state index contributed by atoms with van der Waals surface area (Å²) < 4.78 is 19.3. The summed E-state index contributed by atoms with van der Waals surface area (Å²) in [5, 5.41) is 3.00. The van der Waals surface area contributed by atoms with Gasteiger partial charge >= 0.3 is 0 Å². The fourth-order valence-corrected chi connectivity index (χ4v) is 3.16. The zero-order chi connectivity index (χ0) is 21.1. The Bertz CT molecular complexity index is 1070. The molecule has 1 N–H and O–H groups in total. The topological polar surface area (TPSA) is 77.0 Å². The van der Waals surface area contributed by atoms with Crippen molar-refractivity contribution in [1.82, 2.24) is 15.0 Å². The van der Waals surface area contributed by atoms with Crippen LogP contribution >= 0.6 is 0 Å². The summed E-state index contributed by atoms with van der Waals surface area (Å²) in [4.78, 5) is 25.1. The Morgan fingerprint density at radius 1 is 1.20 bits per heavy atom. The van der Waals surface area contributed by atoms with Crippen molar-refractivity contribution in [3.05, 3.63) is 65.6 Å². The van der Waals surface area contributed by atoms with E-state index in [2.05, 4.69) is 20.3 Å². The van der Waals surface area contributed by atoms with Gasteiger partial charge in [-0.15, -0.1) is 0 Å². The first-order valence-electron chi connectivity index (χ1n) is 10.0. The fourth-order valence-electron chi connectivity index (χ4n) is 3.16. The molecule has 0 atom stereocenters. The predicted octanol–water partition coefficient (Wildman–Crippen LogP) is 4.48. The average Bonchev–Trinajstić information content (AvgIpc) is 3.59. The van der Waals surface area contributed by atoms with E-state index in [0.29, 0.717) is 23.0 Å². The highest BCUT2D eigenvalue weighted by Crippen LogP contribution is 2.32. The van der Waals surface area contributed by atoms with Crippen LogP contribution in [0.5, 0.6) is 5.75 Å². The van der Waals surface area contributed by atoms with Gasteiger partial charge in [0.1, 0.15) is 18.2 Å². The van der Waals surface area contributed by atoms with E-state index in [1.54, 1.807) is 12.3 Å². The van der Waals surface area contributed by atoms with Gasteiger partial charge in [-0.25, -0.2) is 14.4 Å². The minimum Gasteiger partial charge on any atom is -0.485 e. The minimum absolute atomic E-state index is 0.0248. The Labute approximate surface area is 174 Å². The number of nitrogens with zero attached hydrogens (tertiary/aromatic N) is 3. The van der Waals surface area contributed by atoms with E-state index in [1.165, 1.54) is 12.3 Å². The van der Waals surface area contributed by atoms with Crippen LogP contribution in [0.25, 0.3) is 11.3 Å². The summed E-state index contributed by atoms with van der Waals surface area (Å²) in [6.07, 6.45) is 5.44. The maximum absolute atomic E-state index is 13.2. The second-order valence-electron chi connectivity index (χ2n) is 7.37. The molecular weight excluding hydrogens is 383 g/mol. The van der Waals surface area contributed by atoms with E-state index in [0.717, 1.165) is 36.1 Å². The third kappa shape index (κ3) is 4.62. The number of benzene rings is 1. The van der Waals surface area contributed by atoms with E-state index >= 15 is 0 Å². The second kappa shape index (κ2) is 8.57. The Morgan fingerprint density at radius 3 is 2.73 bits per heavy atom. The number of anilines is 1. The molecule has 0 aliphatic heterocycles. The number of carbonyl (C=O) groups is 1. The smallest absolute Gasteiger partial charge is 0.227 e. The summed E-state index contributed by atoms with van der Waals surface area (Å²) in [5.41, 5.74) is 3.79. The number of hydrogen-bond acceptors (Lipinski definition) is 5. The molecule has 1 aliphatic rings. The van der Waals surface area contributed by atoms with Gasteiger partial charge in [0.25, 0.3) is 0 Å². The van der Waals surface area contributed by atoms with Crippen molar-refractivity contribution < 1.29 is 13.9 Å². The molecule has 0 radical (unpaired) electrons. The Kier molecular flexibility index (Phi) is 5.70. The molecule has 1 aliphatic carbocycles. The molecule has 6 nitrogen and oxygen atoms in total. The molecule has 0 saturated heterocycles. The third-order valence-corrected chi connectivity index (χ3v) is 5.00. The van der Waals surface area contributed by atoms with Gasteiger partial charge < -0.3 is 10.1 Å². The van der Waals surface area contributed by atoms with Crippen molar-refractivity contribution in [2.24, 2.45) is 5.92 Å². The lowest BCUT2D eigenvalue weighted by molar-refractivity contribution is -0.117. The van der Waals surface area contributed by atoms with Crippen molar-refractivity contribution in [3.8, 4) is 17.0 Å². The molecule has 1 aromatic carbocycles. The van der Waals surface area contributed by atoms with Crippen molar-refractivity contribution in [1.29, 1.82) is 0 Å². The predicted molar refractivity (Wildman–Crippen MR) is 111 cm³/mol. The molecule has 7 heteroatoms. The Morgan fingerprint density at radius 2 is 2.03 bits per heavy atom. The molecule has 1 amide bonds. The number of aryl methyl sites for hydroxylation is 2. The van der Waals surface area contributed by atoms with Crippen molar-refractivity contribution in [3.63, 3.8) is 0 Å². The standard InChI is InChI=1S/C23H23FN4O2/c1-3-19-22(12-25-14(2)27-19)30-13-17-10-16(20-9-7-18(24)11-26-20)6-8-21(17)28-23(29)15-4-5-15/h6-12,15H,3-5,13H2,1-2H3,(H,28,29). The number of halogens is 1. The second-order valence-corrected chi connectivity index (χ2v) is 7.37. The molecule has 2 heterocycles. The maximum Gasteiger partial charge on any atom is 0.227 e. The van der Waals surface area contributed by atoms with Crippen LogP contribution < -0.4 is 10.1 Å². The molecule has 154 valence electrons. The van der Waals surface area contributed by atoms with Gasteiger partial charge in [0.2, 0.25) is 5.91 Å². The van der Waals surface area contributed by atoms with Gasteiger partial charge in [0.15, 0.2) is 5.75 Å². The molecule has 1 saturated carbocycles. The van der Waals surface area contributed by atoms with E-state index < -0.39 is 0 Å². The molecular formula is C23H23FN4O2. The van der Waals surface area contributed by atoms with Crippen LogP contribution in [0.2, 0.25) is 0 Å². The van der Waals surface area contributed by atoms with Crippen LogP contribution in [0.4, 0.5) is 10.1 Å². The Hall–Kier alpha value is -3.35. The molecule has 0 spiro atoms. The van der Waals surface area contributed by atoms with Gasteiger partial charge in [-0.2, -0.15) is 0 Å². The number of pyridine rings is 1. The van der Waals surface area contributed by atoms with Crippen LogP contribution in [0, 0.1) is 18.7 Å². The van der Waals surface area contributed by atoms with Gasteiger partial charge in [-0.05, 0) is 50.5 Å². The number of nitrogens with one attached hydrogen (secondary N) is 1. The monoisotopic (exact) mass is 406 g/mol. The van der Waals surface area contributed by atoms with Gasteiger partial charge in [-0.1, -0.05) is 13.0 Å². The van der Waals surface area contributed by atoms with Crippen LogP contribution in [0.1, 0.15) is 36.8 Å². The normalized spacial score (nSPS) is 13.2. The van der Waals surface area contributed by atoms with E-state index in [1.807, 2.05) is 32.0 Å². The van der Waals surface area contributed by atoms with Crippen LogP contribution in [-0.2, 0) is 17.8 Å². The highest BCUT2D eigenvalue weighted by molar-refractivity contribution is 5.95. The number of carbonyl (C=O) groups excluding carboxylic acids is 1. The maximum atomic E-state index is 13.2. The van der Waals surface area contributed by atoms with Crippen molar-refractivity contribution in [2.75, 3.05) is 5.32 Å². The summed E-state index contributed by atoms with van der Waals surface area (Å²) in [6, 6.07) is 8.60. The number of hydrogen-bond donors (Lipinski definition) is 1. The van der Waals surface area contributed by atoms with E-state index in [-0.39, 0.29) is 24.2 Å². The summed E-state index contributed by atoms with van der Waals surface area (Å²) in [5.74, 6) is 1.04. The number of aromatic nitrogens is 3. The lowest BCUT2D eigenvalue weighted by Gasteiger charge is -2.15. The number of amides is 1. The average molecular weight is 406 g/mol. The molecule has 0 unspecified atom stereocenters. The van der Waals surface area contributed by atoms with Gasteiger partial charge in [-0.3, -0.25) is 9.78 Å². The minimum atomic E-state index is -0.387. The Balaban J connectivity index is 1.62. The highest BCUT2D eigenvalue weighted by Gasteiger charge is 2.30. The van der Waals surface area contributed by atoms with Crippen molar-refractivity contribution in [2.45, 2.75) is 39.7 Å². The number of ether oxygens (including phenoxy) is 1. The van der Waals surface area contributed by atoms with Crippen molar-refractivity contribution >= 4 is 11.6 Å². The lowest BCUT2D eigenvalue weighted by atomic mass is 10.1. The zero-order valence-corrected chi connectivity index (χ0v) is 17.0. The summed E-state index contributed by atoms with van der Waals surface area (Å²) >= 11 is 0. The first kappa shape index (κ1) is 19.9. The molecule has 30 heavy (non-hydrogen) atoms. The summed E-state index contributed by atoms with van der Waals surface area (Å²) in [6.45, 7) is 4.08. The molecule has 1 fully saturated rings. The number of rotatable bonds is 7. The highest BCUT2D eigenvalue weighted by atomic mass is 19.1. The fraction of sp³-hybridized carbons (Fsp3) is 0.304. The van der Waals surface area contributed by atoms with E-state index in [9.17, 15) is 9.18 Å². The molecule has 0 bridgehead atoms.